The molecule has 4 nitrogen and oxygen atoms in total. The lowest BCUT2D eigenvalue weighted by Gasteiger charge is -2.07. The Hall–Kier alpha value is -1.88. The van der Waals surface area contributed by atoms with Crippen LogP contribution in [0.5, 0.6) is 0 Å². The number of nitrogens with one attached hydrogen (secondary N) is 1. The standard InChI is InChI=1S/C13H13ClFN3O/c1-3-18-12(6-8(2)17-18)13(19)16-9-4-5-11(15)10(14)7-9/h4-7H,3H2,1-2H3,(H,16,19). The Morgan fingerprint density at radius 1 is 1.47 bits per heavy atom. The Morgan fingerprint density at radius 3 is 2.84 bits per heavy atom. The molecule has 1 amide bonds. The van der Waals surface area contributed by atoms with Crippen LogP contribution in [-0.2, 0) is 6.54 Å². The zero-order valence-corrected chi connectivity index (χ0v) is 11.3. The molecule has 1 N–H and O–H groups in total. The summed E-state index contributed by atoms with van der Waals surface area (Å²) in [7, 11) is 0. The van der Waals surface area contributed by atoms with Gasteiger partial charge in [0.2, 0.25) is 0 Å². The summed E-state index contributed by atoms with van der Waals surface area (Å²) < 4.78 is 14.6. The van der Waals surface area contributed by atoms with Gasteiger partial charge in [0, 0.05) is 12.2 Å². The van der Waals surface area contributed by atoms with Gasteiger partial charge in [-0.1, -0.05) is 11.6 Å². The van der Waals surface area contributed by atoms with Gasteiger partial charge in [0.15, 0.2) is 0 Å². The number of benzene rings is 1. The molecule has 1 aromatic heterocycles. The number of amides is 1. The van der Waals surface area contributed by atoms with Crippen LogP contribution in [0.4, 0.5) is 10.1 Å². The van der Waals surface area contributed by atoms with Crippen LogP contribution < -0.4 is 5.32 Å². The average Bonchev–Trinajstić information content (AvgIpc) is 2.75. The van der Waals surface area contributed by atoms with Gasteiger partial charge in [-0.05, 0) is 38.1 Å². The molecule has 0 saturated heterocycles. The number of hydrogen-bond donors (Lipinski definition) is 1. The smallest absolute Gasteiger partial charge is 0.273 e. The van der Waals surface area contributed by atoms with Crippen molar-refractivity contribution in [2.75, 3.05) is 5.32 Å². The number of carbonyl (C=O) groups is 1. The van der Waals surface area contributed by atoms with Crippen molar-refractivity contribution in [2.45, 2.75) is 20.4 Å². The fourth-order valence-corrected chi connectivity index (χ4v) is 1.92. The Bertz CT molecular complexity index is 624. The van der Waals surface area contributed by atoms with Crippen molar-refractivity contribution < 1.29 is 9.18 Å². The van der Waals surface area contributed by atoms with E-state index in [4.69, 9.17) is 11.6 Å². The molecule has 6 heteroatoms. The van der Waals surface area contributed by atoms with E-state index in [1.807, 2.05) is 13.8 Å². The van der Waals surface area contributed by atoms with Gasteiger partial charge in [-0.25, -0.2) is 4.39 Å². The van der Waals surface area contributed by atoms with E-state index in [-0.39, 0.29) is 10.9 Å². The molecule has 0 bridgehead atoms. The van der Waals surface area contributed by atoms with Crippen molar-refractivity contribution in [3.63, 3.8) is 0 Å². The minimum Gasteiger partial charge on any atom is -0.321 e. The maximum absolute atomic E-state index is 13.0. The third-order valence-corrected chi connectivity index (χ3v) is 2.90. The highest BCUT2D eigenvalue weighted by molar-refractivity contribution is 6.31. The molecule has 0 aliphatic rings. The number of rotatable bonds is 3. The molecule has 2 aromatic rings. The van der Waals surface area contributed by atoms with Crippen molar-refractivity contribution in [1.29, 1.82) is 0 Å². The predicted octanol–water partition coefficient (Wildman–Crippen LogP) is 3.26. The van der Waals surface area contributed by atoms with E-state index in [1.54, 1.807) is 10.7 Å². The number of hydrogen-bond acceptors (Lipinski definition) is 2. The number of anilines is 1. The molecule has 1 heterocycles. The van der Waals surface area contributed by atoms with Crippen molar-refractivity contribution in [3.8, 4) is 0 Å². The minimum absolute atomic E-state index is 0.0296. The highest BCUT2D eigenvalue weighted by atomic mass is 35.5. The van der Waals surface area contributed by atoms with Gasteiger partial charge in [0.25, 0.3) is 5.91 Å². The van der Waals surface area contributed by atoms with Gasteiger partial charge in [0.1, 0.15) is 11.5 Å². The number of aromatic nitrogens is 2. The molecule has 19 heavy (non-hydrogen) atoms. The molecule has 2 rings (SSSR count). The van der Waals surface area contributed by atoms with Crippen LogP contribution in [0, 0.1) is 12.7 Å². The topological polar surface area (TPSA) is 46.9 Å². The number of halogens is 2. The minimum atomic E-state index is -0.519. The SMILES string of the molecule is CCn1nc(C)cc1C(=O)Nc1ccc(F)c(Cl)c1. The first kappa shape index (κ1) is 13.5. The molecular weight excluding hydrogens is 269 g/mol. The molecule has 0 spiro atoms. The first-order valence-electron chi connectivity index (χ1n) is 5.82. The second-order valence-electron chi connectivity index (χ2n) is 4.07. The first-order chi connectivity index (χ1) is 9.01. The fraction of sp³-hybridized carbons (Fsp3) is 0.231. The van der Waals surface area contributed by atoms with Crippen LogP contribution in [0.1, 0.15) is 23.1 Å². The molecule has 0 fully saturated rings. The Kier molecular flexibility index (Phi) is 3.85. The second kappa shape index (κ2) is 5.40. The van der Waals surface area contributed by atoms with Crippen molar-refractivity contribution >= 4 is 23.2 Å². The molecule has 0 radical (unpaired) electrons. The molecule has 100 valence electrons. The normalized spacial score (nSPS) is 10.5. The lowest BCUT2D eigenvalue weighted by Crippen LogP contribution is -2.17. The molecule has 1 aromatic carbocycles. The maximum atomic E-state index is 13.0. The highest BCUT2D eigenvalue weighted by Crippen LogP contribution is 2.20. The lowest BCUT2D eigenvalue weighted by molar-refractivity contribution is 0.101. The maximum Gasteiger partial charge on any atom is 0.273 e. The van der Waals surface area contributed by atoms with E-state index in [2.05, 4.69) is 10.4 Å². The number of nitrogens with zero attached hydrogens (tertiary/aromatic N) is 2. The molecule has 0 atom stereocenters. The van der Waals surface area contributed by atoms with Gasteiger partial charge in [0.05, 0.1) is 10.7 Å². The summed E-state index contributed by atoms with van der Waals surface area (Å²) in [6.45, 7) is 4.32. The summed E-state index contributed by atoms with van der Waals surface area (Å²) in [6.07, 6.45) is 0. The predicted molar refractivity (Wildman–Crippen MR) is 72.0 cm³/mol. The third-order valence-electron chi connectivity index (χ3n) is 2.61. The summed E-state index contributed by atoms with van der Waals surface area (Å²) in [5.74, 6) is -0.820. The van der Waals surface area contributed by atoms with Crippen LogP contribution in [0.3, 0.4) is 0 Å². The summed E-state index contributed by atoms with van der Waals surface area (Å²) in [5, 5.41) is 6.83. The van der Waals surface area contributed by atoms with Gasteiger partial charge in [-0.3, -0.25) is 9.48 Å². The lowest BCUT2D eigenvalue weighted by atomic mass is 10.3. The van der Waals surface area contributed by atoms with Crippen LogP contribution >= 0.6 is 11.6 Å². The largest absolute Gasteiger partial charge is 0.321 e. The summed E-state index contributed by atoms with van der Waals surface area (Å²) in [6, 6.07) is 5.73. The van der Waals surface area contributed by atoms with Crippen LogP contribution in [0.25, 0.3) is 0 Å². The Balaban J connectivity index is 2.22. The zero-order chi connectivity index (χ0) is 14.0. The zero-order valence-electron chi connectivity index (χ0n) is 10.6. The van der Waals surface area contributed by atoms with E-state index in [0.717, 1.165) is 5.69 Å². The van der Waals surface area contributed by atoms with Gasteiger partial charge < -0.3 is 5.32 Å². The number of carbonyl (C=O) groups excluding carboxylic acids is 1. The Labute approximate surface area is 115 Å². The second-order valence-corrected chi connectivity index (χ2v) is 4.48. The van der Waals surface area contributed by atoms with E-state index >= 15 is 0 Å². The summed E-state index contributed by atoms with van der Waals surface area (Å²) >= 11 is 5.66. The average molecular weight is 282 g/mol. The van der Waals surface area contributed by atoms with Crippen molar-refractivity contribution in [3.05, 3.63) is 46.5 Å². The van der Waals surface area contributed by atoms with Crippen LogP contribution in [0.2, 0.25) is 5.02 Å². The van der Waals surface area contributed by atoms with Crippen molar-refractivity contribution in [2.24, 2.45) is 0 Å². The first-order valence-corrected chi connectivity index (χ1v) is 6.20. The van der Waals surface area contributed by atoms with E-state index < -0.39 is 5.82 Å². The number of aryl methyl sites for hydroxylation is 2. The monoisotopic (exact) mass is 281 g/mol. The van der Waals surface area contributed by atoms with E-state index in [0.29, 0.717) is 17.9 Å². The van der Waals surface area contributed by atoms with Crippen LogP contribution in [-0.4, -0.2) is 15.7 Å². The Morgan fingerprint density at radius 2 is 2.21 bits per heavy atom. The van der Waals surface area contributed by atoms with E-state index in [9.17, 15) is 9.18 Å². The molecule has 0 unspecified atom stereocenters. The van der Waals surface area contributed by atoms with Crippen molar-refractivity contribution in [1.82, 2.24) is 9.78 Å². The summed E-state index contributed by atoms with van der Waals surface area (Å²) in [4.78, 5) is 12.1. The van der Waals surface area contributed by atoms with Gasteiger partial charge >= 0.3 is 0 Å². The van der Waals surface area contributed by atoms with Gasteiger partial charge in [-0.15, -0.1) is 0 Å². The quantitative estimate of drug-likeness (QED) is 0.939. The molecular formula is C13H13ClFN3O. The molecule has 0 aliphatic carbocycles. The van der Waals surface area contributed by atoms with Gasteiger partial charge in [-0.2, -0.15) is 5.10 Å². The van der Waals surface area contributed by atoms with Crippen LogP contribution in [0.15, 0.2) is 24.3 Å². The summed E-state index contributed by atoms with van der Waals surface area (Å²) in [5.41, 5.74) is 1.67. The fourth-order valence-electron chi connectivity index (χ4n) is 1.74. The molecule has 0 aliphatic heterocycles. The highest BCUT2D eigenvalue weighted by Gasteiger charge is 2.13. The molecule has 0 saturated carbocycles. The van der Waals surface area contributed by atoms with E-state index in [1.165, 1.54) is 18.2 Å². The third kappa shape index (κ3) is 2.93.